The highest BCUT2D eigenvalue weighted by atomic mass is 16.1. The van der Waals surface area contributed by atoms with E-state index in [0.29, 0.717) is 17.1 Å². The van der Waals surface area contributed by atoms with Gasteiger partial charge in [0.2, 0.25) is 5.95 Å². The number of carbonyl (C=O) groups excluding carboxylic acids is 2. The Labute approximate surface area is 170 Å². The van der Waals surface area contributed by atoms with Crippen LogP contribution in [0.3, 0.4) is 0 Å². The standard InChI is InChI=1S/C23H24N4O2/c1-15(28)16-5-9-20(10-6-16)27-22-24-13-17(14-25-22)21(29)26-19-11-7-18(8-12-19)23(2,3)4/h5-14H,1-4H3,(H,26,29)(H,24,25,27). The van der Waals surface area contributed by atoms with Crippen LogP contribution >= 0.6 is 0 Å². The van der Waals surface area contributed by atoms with Crippen molar-refractivity contribution in [1.82, 2.24) is 9.97 Å². The van der Waals surface area contributed by atoms with Gasteiger partial charge in [0.15, 0.2) is 5.78 Å². The Balaban J connectivity index is 1.63. The van der Waals surface area contributed by atoms with E-state index in [0.717, 1.165) is 11.4 Å². The number of benzene rings is 2. The van der Waals surface area contributed by atoms with Crippen LogP contribution in [-0.4, -0.2) is 21.7 Å². The second-order valence-electron chi connectivity index (χ2n) is 7.84. The lowest BCUT2D eigenvalue weighted by molar-refractivity contribution is 0.101. The highest BCUT2D eigenvalue weighted by Gasteiger charge is 2.14. The molecule has 0 unspecified atom stereocenters. The molecule has 0 saturated heterocycles. The smallest absolute Gasteiger partial charge is 0.258 e. The summed E-state index contributed by atoms with van der Waals surface area (Å²) in [6.07, 6.45) is 2.94. The fourth-order valence-corrected chi connectivity index (χ4v) is 2.68. The molecule has 0 radical (unpaired) electrons. The average Bonchev–Trinajstić information content (AvgIpc) is 2.68. The molecule has 2 aromatic carbocycles. The summed E-state index contributed by atoms with van der Waals surface area (Å²) in [5, 5.41) is 5.89. The summed E-state index contributed by atoms with van der Waals surface area (Å²) in [6, 6.07) is 14.8. The molecular formula is C23H24N4O2. The van der Waals surface area contributed by atoms with Crippen LogP contribution in [0.4, 0.5) is 17.3 Å². The number of amides is 1. The molecule has 6 heteroatoms. The van der Waals surface area contributed by atoms with Gasteiger partial charge < -0.3 is 10.6 Å². The predicted octanol–water partition coefficient (Wildman–Crippen LogP) is 4.97. The third-order valence-electron chi connectivity index (χ3n) is 4.47. The van der Waals surface area contributed by atoms with Gasteiger partial charge in [0.1, 0.15) is 0 Å². The first-order valence-corrected chi connectivity index (χ1v) is 9.34. The highest BCUT2D eigenvalue weighted by molar-refractivity contribution is 6.03. The molecule has 29 heavy (non-hydrogen) atoms. The van der Waals surface area contributed by atoms with Crippen LogP contribution in [0.5, 0.6) is 0 Å². The maximum Gasteiger partial charge on any atom is 0.258 e. The van der Waals surface area contributed by atoms with Crippen molar-refractivity contribution in [3.05, 3.63) is 77.6 Å². The van der Waals surface area contributed by atoms with E-state index in [9.17, 15) is 9.59 Å². The zero-order valence-electron chi connectivity index (χ0n) is 17.0. The first kappa shape index (κ1) is 20.2. The molecule has 1 heterocycles. The maximum atomic E-state index is 12.4. The van der Waals surface area contributed by atoms with Crippen molar-refractivity contribution in [1.29, 1.82) is 0 Å². The average molecular weight is 388 g/mol. The number of Topliss-reactive ketones (excluding diaryl/α,β-unsaturated/α-hetero) is 1. The van der Waals surface area contributed by atoms with Crippen molar-refractivity contribution in [2.45, 2.75) is 33.1 Å². The van der Waals surface area contributed by atoms with Gasteiger partial charge in [0, 0.05) is 29.3 Å². The van der Waals surface area contributed by atoms with E-state index in [1.54, 1.807) is 24.3 Å². The lowest BCUT2D eigenvalue weighted by Gasteiger charge is -2.19. The molecule has 1 aromatic heterocycles. The van der Waals surface area contributed by atoms with E-state index in [-0.39, 0.29) is 17.1 Å². The van der Waals surface area contributed by atoms with Crippen LogP contribution in [0.2, 0.25) is 0 Å². The summed E-state index contributed by atoms with van der Waals surface area (Å²) in [4.78, 5) is 32.1. The first-order valence-electron chi connectivity index (χ1n) is 9.34. The highest BCUT2D eigenvalue weighted by Crippen LogP contribution is 2.23. The maximum absolute atomic E-state index is 12.4. The molecule has 3 rings (SSSR count). The molecule has 0 fully saturated rings. The largest absolute Gasteiger partial charge is 0.324 e. The third kappa shape index (κ3) is 5.25. The van der Waals surface area contributed by atoms with Crippen molar-refractivity contribution >= 4 is 29.0 Å². The number of carbonyl (C=O) groups is 2. The summed E-state index contributed by atoms with van der Waals surface area (Å²) in [5.74, 6) is 0.105. The van der Waals surface area contributed by atoms with Crippen LogP contribution in [0.1, 0.15) is 54.0 Å². The van der Waals surface area contributed by atoms with Crippen molar-refractivity contribution in [3.8, 4) is 0 Å². The van der Waals surface area contributed by atoms with E-state index in [4.69, 9.17) is 0 Å². The van der Waals surface area contributed by atoms with Crippen molar-refractivity contribution in [3.63, 3.8) is 0 Å². The number of anilines is 3. The topological polar surface area (TPSA) is 84.0 Å². The van der Waals surface area contributed by atoms with Gasteiger partial charge in [0.25, 0.3) is 5.91 Å². The zero-order valence-corrected chi connectivity index (χ0v) is 17.0. The fourth-order valence-electron chi connectivity index (χ4n) is 2.68. The van der Waals surface area contributed by atoms with Gasteiger partial charge in [-0.25, -0.2) is 9.97 Å². The fraction of sp³-hybridized carbons (Fsp3) is 0.217. The summed E-state index contributed by atoms with van der Waals surface area (Å²) < 4.78 is 0. The normalized spacial score (nSPS) is 11.0. The minimum atomic E-state index is -0.272. The number of nitrogens with zero attached hydrogens (tertiary/aromatic N) is 2. The van der Waals surface area contributed by atoms with E-state index in [1.807, 2.05) is 24.3 Å². The molecule has 148 valence electrons. The van der Waals surface area contributed by atoms with Crippen molar-refractivity contribution < 1.29 is 9.59 Å². The van der Waals surface area contributed by atoms with Gasteiger partial charge in [-0.1, -0.05) is 32.9 Å². The van der Waals surface area contributed by atoms with Gasteiger partial charge in [-0.2, -0.15) is 0 Å². The molecule has 0 saturated carbocycles. The Hall–Kier alpha value is -3.54. The number of hydrogen-bond donors (Lipinski definition) is 2. The number of nitrogens with one attached hydrogen (secondary N) is 2. The second kappa shape index (κ2) is 8.22. The van der Waals surface area contributed by atoms with E-state index >= 15 is 0 Å². The number of hydrogen-bond acceptors (Lipinski definition) is 5. The van der Waals surface area contributed by atoms with E-state index < -0.39 is 0 Å². The molecule has 0 bridgehead atoms. The Morgan fingerprint density at radius 1 is 0.793 bits per heavy atom. The number of rotatable bonds is 5. The third-order valence-corrected chi connectivity index (χ3v) is 4.47. The minimum Gasteiger partial charge on any atom is -0.324 e. The summed E-state index contributed by atoms with van der Waals surface area (Å²) in [5.41, 5.74) is 3.74. The van der Waals surface area contributed by atoms with E-state index in [1.165, 1.54) is 24.9 Å². The molecular weight excluding hydrogens is 364 g/mol. The van der Waals surface area contributed by atoms with Crippen molar-refractivity contribution in [2.75, 3.05) is 10.6 Å². The van der Waals surface area contributed by atoms with Gasteiger partial charge in [0.05, 0.1) is 5.56 Å². The summed E-state index contributed by atoms with van der Waals surface area (Å²) in [6.45, 7) is 7.95. The molecule has 0 atom stereocenters. The Bertz CT molecular complexity index is 1000. The lowest BCUT2D eigenvalue weighted by atomic mass is 9.87. The summed E-state index contributed by atoms with van der Waals surface area (Å²) in [7, 11) is 0. The SMILES string of the molecule is CC(=O)c1ccc(Nc2ncc(C(=O)Nc3ccc(C(C)(C)C)cc3)cn2)cc1. The monoisotopic (exact) mass is 388 g/mol. The Morgan fingerprint density at radius 2 is 1.34 bits per heavy atom. The van der Waals surface area contributed by atoms with Crippen LogP contribution < -0.4 is 10.6 Å². The molecule has 3 aromatic rings. The number of ketones is 1. The summed E-state index contributed by atoms with van der Waals surface area (Å²) >= 11 is 0. The molecule has 0 aliphatic carbocycles. The van der Waals surface area contributed by atoms with Gasteiger partial charge in [-0.3, -0.25) is 9.59 Å². The zero-order chi connectivity index (χ0) is 21.0. The molecule has 2 N–H and O–H groups in total. The second-order valence-corrected chi connectivity index (χ2v) is 7.84. The minimum absolute atomic E-state index is 0.0104. The Morgan fingerprint density at radius 3 is 1.86 bits per heavy atom. The number of aromatic nitrogens is 2. The van der Waals surface area contributed by atoms with Crippen molar-refractivity contribution in [2.24, 2.45) is 0 Å². The van der Waals surface area contributed by atoms with Gasteiger partial charge in [-0.15, -0.1) is 0 Å². The lowest BCUT2D eigenvalue weighted by Crippen LogP contribution is -2.14. The van der Waals surface area contributed by atoms with Crippen LogP contribution in [-0.2, 0) is 5.41 Å². The van der Waals surface area contributed by atoms with Gasteiger partial charge >= 0.3 is 0 Å². The van der Waals surface area contributed by atoms with Crippen LogP contribution in [0, 0.1) is 0 Å². The van der Waals surface area contributed by atoms with E-state index in [2.05, 4.69) is 41.4 Å². The van der Waals surface area contributed by atoms with Gasteiger partial charge in [-0.05, 0) is 54.3 Å². The van der Waals surface area contributed by atoms with Crippen LogP contribution in [0.15, 0.2) is 60.9 Å². The predicted molar refractivity (Wildman–Crippen MR) is 115 cm³/mol. The Kier molecular flexibility index (Phi) is 5.73. The molecule has 0 aliphatic rings. The first-order chi connectivity index (χ1) is 13.7. The molecule has 1 amide bonds. The van der Waals surface area contributed by atoms with Crippen LogP contribution in [0.25, 0.3) is 0 Å². The quantitative estimate of drug-likeness (QED) is 0.603. The molecule has 6 nitrogen and oxygen atoms in total. The molecule has 0 aliphatic heterocycles. The molecule has 0 spiro atoms.